The first kappa shape index (κ1) is 21.3. The van der Waals surface area contributed by atoms with Gasteiger partial charge in [-0.3, -0.25) is 4.79 Å². The van der Waals surface area contributed by atoms with Crippen molar-refractivity contribution < 1.29 is 27.2 Å². The molecule has 1 aromatic rings. The van der Waals surface area contributed by atoms with Crippen molar-refractivity contribution in [3.63, 3.8) is 0 Å². The predicted molar refractivity (Wildman–Crippen MR) is 109 cm³/mol. The van der Waals surface area contributed by atoms with Crippen LogP contribution in [0.5, 0.6) is 0 Å². The average molecular weight is 455 g/mol. The zero-order chi connectivity index (χ0) is 21.6. The lowest BCUT2D eigenvalue weighted by molar-refractivity contribution is -0.179. The molecule has 5 rings (SSSR count). The summed E-state index contributed by atoms with van der Waals surface area (Å²) in [5, 5.41) is 6.88. The molecule has 1 aliphatic carbocycles. The Morgan fingerprint density at radius 3 is 2.52 bits per heavy atom. The van der Waals surface area contributed by atoms with Crippen molar-refractivity contribution in [3.05, 3.63) is 17.5 Å². The van der Waals surface area contributed by atoms with E-state index in [4.69, 9.17) is 14.0 Å². The van der Waals surface area contributed by atoms with Crippen LogP contribution in [0.1, 0.15) is 67.6 Å². The lowest BCUT2D eigenvalue weighted by Gasteiger charge is -2.42. The molecule has 1 spiro atoms. The van der Waals surface area contributed by atoms with Crippen molar-refractivity contribution >= 4 is 16.1 Å². The van der Waals surface area contributed by atoms with Crippen LogP contribution in [0.15, 0.2) is 10.6 Å². The zero-order valence-corrected chi connectivity index (χ0v) is 18.6. The summed E-state index contributed by atoms with van der Waals surface area (Å²) in [7, 11) is -3.57. The molecule has 4 fully saturated rings. The maximum absolute atomic E-state index is 13.2. The number of piperidine rings is 2. The zero-order valence-electron chi connectivity index (χ0n) is 17.8. The third-order valence-electron chi connectivity index (χ3n) is 6.81. The summed E-state index contributed by atoms with van der Waals surface area (Å²) >= 11 is 0. The van der Waals surface area contributed by atoms with Crippen molar-refractivity contribution in [1.82, 2.24) is 19.1 Å². The van der Waals surface area contributed by atoms with Gasteiger partial charge in [-0.1, -0.05) is 5.16 Å². The summed E-state index contributed by atoms with van der Waals surface area (Å²) in [6.45, 7) is 4.18. The molecule has 0 unspecified atom stereocenters. The van der Waals surface area contributed by atoms with Crippen LogP contribution in [-0.2, 0) is 19.7 Å². The Morgan fingerprint density at radius 2 is 1.87 bits per heavy atom. The summed E-state index contributed by atoms with van der Waals surface area (Å²) in [6.07, 6.45) is 4.38. The summed E-state index contributed by atoms with van der Waals surface area (Å²) in [4.78, 5) is 12.5. The average Bonchev–Trinajstić information content (AvgIpc) is 3.29. The number of nitrogens with one attached hydrogen (secondary N) is 1. The van der Waals surface area contributed by atoms with Crippen LogP contribution < -0.4 is 5.32 Å². The van der Waals surface area contributed by atoms with Gasteiger partial charge in [0.25, 0.3) is 16.1 Å². The van der Waals surface area contributed by atoms with E-state index in [0.717, 1.165) is 18.6 Å². The Bertz CT molecular complexity index is 914. The van der Waals surface area contributed by atoms with Crippen LogP contribution in [0, 0.1) is 0 Å². The molecule has 1 amide bonds. The van der Waals surface area contributed by atoms with Gasteiger partial charge in [0.15, 0.2) is 11.5 Å². The van der Waals surface area contributed by atoms with E-state index < -0.39 is 16.0 Å². The van der Waals surface area contributed by atoms with Gasteiger partial charge in [0.2, 0.25) is 0 Å². The number of carbonyl (C=O) groups excluding carboxylic acids is 1. The minimum Gasteiger partial charge on any atom is -0.360 e. The molecular formula is C20H30N4O6S. The van der Waals surface area contributed by atoms with Crippen molar-refractivity contribution in [2.75, 3.05) is 32.8 Å². The number of carbonyl (C=O) groups is 1. The highest BCUT2D eigenvalue weighted by atomic mass is 32.2. The number of aromatic nitrogens is 1. The summed E-state index contributed by atoms with van der Waals surface area (Å²) < 4.78 is 46.2. The maximum Gasteiger partial charge on any atom is 0.282 e. The molecule has 4 heterocycles. The van der Waals surface area contributed by atoms with Crippen LogP contribution in [0.3, 0.4) is 0 Å². The molecule has 10 nitrogen and oxygen atoms in total. The maximum atomic E-state index is 13.2. The molecule has 2 atom stereocenters. The highest BCUT2D eigenvalue weighted by Crippen LogP contribution is 2.40. The number of rotatable bonds is 5. The Kier molecular flexibility index (Phi) is 5.58. The van der Waals surface area contributed by atoms with Gasteiger partial charge >= 0.3 is 0 Å². The summed E-state index contributed by atoms with van der Waals surface area (Å²) in [6, 6.07) is 1.41. The number of ether oxygens (including phenoxy) is 2. The Morgan fingerprint density at radius 1 is 1.16 bits per heavy atom. The van der Waals surface area contributed by atoms with Crippen LogP contribution in [0.2, 0.25) is 0 Å². The first-order chi connectivity index (χ1) is 14.9. The van der Waals surface area contributed by atoms with E-state index in [9.17, 15) is 13.2 Å². The Hall–Kier alpha value is -1.53. The molecule has 0 aromatic carbocycles. The van der Waals surface area contributed by atoms with Gasteiger partial charge in [0.05, 0.1) is 13.2 Å². The Labute approximate surface area is 182 Å². The SMILES string of the molecule is C[C@H]1C[C@@H](NC(=O)c2cc(C3CC3)on2)CCN1S(=O)(=O)N1CCC2(CC1)OCCO2. The van der Waals surface area contributed by atoms with Crippen molar-refractivity contribution in [2.45, 2.75) is 69.2 Å². The quantitative estimate of drug-likeness (QED) is 0.711. The molecule has 172 valence electrons. The van der Waals surface area contributed by atoms with Crippen LogP contribution in [-0.4, -0.2) is 78.8 Å². The minimum atomic E-state index is -3.57. The third kappa shape index (κ3) is 4.25. The lowest BCUT2D eigenvalue weighted by Crippen LogP contribution is -2.57. The number of amides is 1. The van der Waals surface area contributed by atoms with Crippen LogP contribution in [0.25, 0.3) is 0 Å². The molecule has 0 bridgehead atoms. The Balaban J connectivity index is 1.16. The van der Waals surface area contributed by atoms with Crippen molar-refractivity contribution in [2.24, 2.45) is 0 Å². The summed E-state index contributed by atoms with van der Waals surface area (Å²) in [5.74, 6) is 0.312. The molecule has 31 heavy (non-hydrogen) atoms. The monoisotopic (exact) mass is 454 g/mol. The second-order valence-corrected chi connectivity index (χ2v) is 10.9. The third-order valence-corrected chi connectivity index (χ3v) is 8.96. The van der Waals surface area contributed by atoms with E-state index in [1.807, 2.05) is 6.92 Å². The van der Waals surface area contributed by atoms with E-state index in [2.05, 4.69) is 10.5 Å². The first-order valence-electron chi connectivity index (χ1n) is 11.2. The van der Waals surface area contributed by atoms with Gasteiger partial charge in [0, 0.05) is 56.5 Å². The van der Waals surface area contributed by atoms with E-state index >= 15 is 0 Å². The van der Waals surface area contributed by atoms with Gasteiger partial charge in [-0.25, -0.2) is 0 Å². The summed E-state index contributed by atoms with van der Waals surface area (Å²) in [5.41, 5.74) is 0.295. The standard InChI is InChI=1S/C20H30N4O6S/c1-14-12-16(21-19(25)17-13-18(30-22-17)15-2-3-15)4-7-24(14)31(26,27)23-8-5-20(6-9-23)28-10-11-29-20/h13-16H,2-12H2,1H3,(H,21,25)/t14-,16-/m0/s1. The number of hydrogen-bond acceptors (Lipinski definition) is 7. The molecule has 3 aliphatic heterocycles. The van der Waals surface area contributed by atoms with Crippen LogP contribution in [0.4, 0.5) is 0 Å². The van der Waals surface area contributed by atoms with Crippen molar-refractivity contribution in [3.8, 4) is 0 Å². The first-order valence-corrected chi connectivity index (χ1v) is 12.6. The fourth-order valence-corrected chi connectivity index (χ4v) is 6.65. The predicted octanol–water partition coefficient (Wildman–Crippen LogP) is 1.22. The second kappa shape index (κ2) is 8.11. The highest BCUT2D eigenvalue weighted by Gasteiger charge is 2.45. The van der Waals surface area contributed by atoms with E-state index in [0.29, 0.717) is 70.1 Å². The topological polar surface area (TPSA) is 114 Å². The molecule has 0 radical (unpaired) electrons. The van der Waals surface area contributed by atoms with Gasteiger partial charge in [0.1, 0.15) is 5.76 Å². The van der Waals surface area contributed by atoms with Crippen LogP contribution >= 0.6 is 0 Å². The normalized spacial score (nSPS) is 30.0. The lowest BCUT2D eigenvalue weighted by atomic mass is 10.0. The second-order valence-electron chi connectivity index (χ2n) is 9.06. The number of nitrogens with zero attached hydrogens (tertiary/aromatic N) is 3. The molecule has 1 N–H and O–H groups in total. The fraction of sp³-hybridized carbons (Fsp3) is 0.800. The smallest absolute Gasteiger partial charge is 0.282 e. The molecule has 1 aromatic heterocycles. The molecule has 1 saturated carbocycles. The van der Waals surface area contributed by atoms with E-state index in [1.165, 1.54) is 4.31 Å². The largest absolute Gasteiger partial charge is 0.360 e. The molecular weight excluding hydrogens is 424 g/mol. The van der Waals surface area contributed by atoms with Gasteiger partial charge < -0.3 is 19.3 Å². The highest BCUT2D eigenvalue weighted by molar-refractivity contribution is 7.86. The molecule has 11 heteroatoms. The fourth-order valence-electron chi connectivity index (χ4n) is 4.83. The molecule has 4 aliphatic rings. The van der Waals surface area contributed by atoms with Gasteiger partial charge in [-0.2, -0.15) is 17.0 Å². The van der Waals surface area contributed by atoms with E-state index in [1.54, 1.807) is 10.4 Å². The van der Waals surface area contributed by atoms with Crippen molar-refractivity contribution in [1.29, 1.82) is 0 Å². The van der Waals surface area contributed by atoms with Gasteiger partial charge in [-0.15, -0.1) is 0 Å². The minimum absolute atomic E-state index is 0.0973. The van der Waals surface area contributed by atoms with Gasteiger partial charge in [-0.05, 0) is 32.6 Å². The molecule has 3 saturated heterocycles. The number of hydrogen-bond donors (Lipinski definition) is 1. The van der Waals surface area contributed by atoms with E-state index in [-0.39, 0.29) is 18.0 Å².